The largest absolute Gasteiger partial charge is 0.465 e. The summed E-state index contributed by atoms with van der Waals surface area (Å²) in [6, 6.07) is 12.8. The highest BCUT2D eigenvalue weighted by atomic mass is 35.5. The standard InChI is InChI=1S/C20H17ClN2O3S2/c1-12-3-5-13(6-4-12)17-10-27-20(23-17)28-11-18(24)22-14-7-8-16(21)15(9-14)19(25)26-2/h3-10H,11H2,1-2H3,(H,22,24). The molecule has 0 spiro atoms. The Morgan fingerprint density at radius 2 is 1.96 bits per heavy atom. The van der Waals surface area contributed by atoms with Crippen molar-refractivity contribution in [2.24, 2.45) is 0 Å². The smallest absolute Gasteiger partial charge is 0.339 e. The van der Waals surface area contributed by atoms with Gasteiger partial charge in [0, 0.05) is 16.6 Å². The minimum absolute atomic E-state index is 0.199. The van der Waals surface area contributed by atoms with Crippen molar-refractivity contribution in [3.63, 3.8) is 0 Å². The first-order valence-electron chi connectivity index (χ1n) is 8.29. The fourth-order valence-electron chi connectivity index (χ4n) is 2.37. The number of ether oxygens (including phenoxy) is 1. The summed E-state index contributed by atoms with van der Waals surface area (Å²) in [5.74, 6) is -0.547. The number of nitrogens with zero attached hydrogens (tertiary/aromatic N) is 1. The summed E-state index contributed by atoms with van der Waals surface area (Å²) >= 11 is 8.85. The van der Waals surface area contributed by atoms with Crippen molar-refractivity contribution in [1.29, 1.82) is 0 Å². The molecule has 0 fully saturated rings. The maximum Gasteiger partial charge on any atom is 0.339 e. The molecule has 0 aliphatic carbocycles. The predicted molar refractivity (Wildman–Crippen MR) is 114 cm³/mol. The highest BCUT2D eigenvalue weighted by molar-refractivity contribution is 8.01. The third kappa shape index (κ3) is 5.13. The molecule has 0 unspecified atom stereocenters. The molecule has 2 aromatic carbocycles. The van der Waals surface area contributed by atoms with Crippen LogP contribution >= 0.6 is 34.7 Å². The van der Waals surface area contributed by atoms with Crippen molar-refractivity contribution < 1.29 is 14.3 Å². The Bertz CT molecular complexity index is 1000. The van der Waals surface area contributed by atoms with Crippen molar-refractivity contribution in [3.8, 4) is 11.3 Å². The van der Waals surface area contributed by atoms with E-state index in [9.17, 15) is 9.59 Å². The van der Waals surface area contributed by atoms with Crippen molar-refractivity contribution >= 4 is 52.3 Å². The van der Waals surface area contributed by atoms with Gasteiger partial charge in [0.1, 0.15) is 0 Å². The number of halogens is 1. The van der Waals surface area contributed by atoms with Crippen LogP contribution in [0, 0.1) is 6.92 Å². The van der Waals surface area contributed by atoms with Gasteiger partial charge in [-0.1, -0.05) is 53.2 Å². The lowest BCUT2D eigenvalue weighted by Gasteiger charge is -2.07. The number of esters is 1. The van der Waals surface area contributed by atoms with E-state index in [2.05, 4.69) is 15.0 Å². The molecule has 0 aliphatic rings. The number of aromatic nitrogens is 1. The van der Waals surface area contributed by atoms with Crippen LogP contribution in [0.3, 0.4) is 0 Å². The summed E-state index contributed by atoms with van der Waals surface area (Å²) in [6.45, 7) is 2.04. The quantitative estimate of drug-likeness (QED) is 0.423. The molecule has 1 N–H and O–H groups in total. The number of hydrogen-bond donors (Lipinski definition) is 1. The number of thioether (sulfide) groups is 1. The number of rotatable bonds is 6. The van der Waals surface area contributed by atoms with Crippen LogP contribution in [0.15, 0.2) is 52.2 Å². The fraction of sp³-hybridized carbons (Fsp3) is 0.150. The van der Waals surface area contributed by atoms with E-state index in [4.69, 9.17) is 11.6 Å². The van der Waals surface area contributed by atoms with Crippen LogP contribution in [0.4, 0.5) is 5.69 Å². The summed E-state index contributed by atoms with van der Waals surface area (Å²) in [4.78, 5) is 28.5. The van der Waals surface area contributed by atoms with Gasteiger partial charge in [-0.25, -0.2) is 9.78 Å². The lowest BCUT2D eigenvalue weighted by molar-refractivity contribution is -0.113. The first-order chi connectivity index (χ1) is 13.5. The minimum Gasteiger partial charge on any atom is -0.465 e. The van der Waals surface area contributed by atoms with Crippen molar-refractivity contribution in [2.75, 3.05) is 18.2 Å². The molecule has 0 saturated heterocycles. The monoisotopic (exact) mass is 432 g/mol. The Morgan fingerprint density at radius 1 is 1.21 bits per heavy atom. The van der Waals surface area contributed by atoms with Gasteiger partial charge in [0.05, 0.1) is 29.1 Å². The first kappa shape index (κ1) is 20.4. The van der Waals surface area contributed by atoms with E-state index in [1.807, 2.05) is 36.6 Å². The summed E-state index contributed by atoms with van der Waals surface area (Å²) in [6.07, 6.45) is 0. The first-order valence-corrected chi connectivity index (χ1v) is 10.5. The van der Waals surface area contributed by atoms with Crippen molar-refractivity contribution in [1.82, 2.24) is 4.98 Å². The number of hydrogen-bond acceptors (Lipinski definition) is 6. The average molecular weight is 433 g/mol. The predicted octanol–water partition coefficient (Wildman–Crippen LogP) is 5.29. The van der Waals surface area contributed by atoms with E-state index in [0.29, 0.717) is 5.69 Å². The van der Waals surface area contributed by atoms with Crippen LogP contribution in [0.25, 0.3) is 11.3 Å². The number of amides is 1. The number of carbonyl (C=O) groups is 2. The maximum atomic E-state index is 12.2. The third-order valence-electron chi connectivity index (χ3n) is 3.81. The second kappa shape index (κ2) is 9.23. The van der Waals surface area contributed by atoms with E-state index in [0.717, 1.165) is 15.6 Å². The van der Waals surface area contributed by atoms with Gasteiger partial charge in [0.2, 0.25) is 5.91 Å². The highest BCUT2D eigenvalue weighted by Crippen LogP contribution is 2.28. The van der Waals surface area contributed by atoms with Gasteiger partial charge in [-0.15, -0.1) is 11.3 Å². The lowest BCUT2D eigenvalue weighted by Crippen LogP contribution is -2.14. The molecule has 144 valence electrons. The zero-order valence-electron chi connectivity index (χ0n) is 15.2. The maximum absolute atomic E-state index is 12.2. The molecule has 0 radical (unpaired) electrons. The van der Waals surface area contributed by atoms with E-state index in [1.165, 1.54) is 41.8 Å². The molecule has 1 aromatic heterocycles. The number of nitrogens with one attached hydrogen (secondary N) is 1. The highest BCUT2D eigenvalue weighted by Gasteiger charge is 2.13. The third-order valence-corrected chi connectivity index (χ3v) is 6.16. The zero-order chi connectivity index (χ0) is 20.1. The number of anilines is 1. The van der Waals surface area contributed by atoms with E-state index >= 15 is 0 Å². The van der Waals surface area contributed by atoms with Gasteiger partial charge in [-0.2, -0.15) is 0 Å². The Labute approximate surface area is 176 Å². The topological polar surface area (TPSA) is 68.3 Å². The molecule has 0 aliphatic heterocycles. The molecule has 1 heterocycles. The van der Waals surface area contributed by atoms with Gasteiger partial charge >= 0.3 is 5.97 Å². The molecular formula is C20H17ClN2O3S2. The summed E-state index contributed by atoms with van der Waals surface area (Å²) in [5, 5.41) is 5.00. The molecule has 3 aromatic rings. The molecule has 3 rings (SSSR count). The van der Waals surface area contributed by atoms with Crippen LogP contribution in [0.2, 0.25) is 5.02 Å². The van der Waals surface area contributed by atoms with Gasteiger partial charge in [0.25, 0.3) is 0 Å². The minimum atomic E-state index is -0.554. The van der Waals surface area contributed by atoms with Crippen molar-refractivity contribution in [3.05, 3.63) is 64.0 Å². The SMILES string of the molecule is COC(=O)c1cc(NC(=O)CSc2nc(-c3ccc(C)cc3)cs2)ccc1Cl. The second-order valence-electron chi connectivity index (χ2n) is 5.89. The summed E-state index contributed by atoms with van der Waals surface area (Å²) in [5.41, 5.74) is 3.83. The number of aryl methyl sites for hydroxylation is 1. The molecule has 28 heavy (non-hydrogen) atoms. The van der Waals surface area contributed by atoms with Crippen LogP contribution in [0.5, 0.6) is 0 Å². The van der Waals surface area contributed by atoms with E-state index < -0.39 is 5.97 Å². The number of thiazole rings is 1. The van der Waals surface area contributed by atoms with Crippen LogP contribution in [0.1, 0.15) is 15.9 Å². The number of benzene rings is 2. The molecule has 8 heteroatoms. The lowest BCUT2D eigenvalue weighted by atomic mass is 10.1. The average Bonchev–Trinajstić information content (AvgIpc) is 3.17. The molecule has 5 nitrogen and oxygen atoms in total. The number of carbonyl (C=O) groups excluding carboxylic acids is 2. The van der Waals surface area contributed by atoms with Crippen LogP contribution in [-0.2, 0) is 9.53 Å². The van der Waals surface area contributed by atoms with Gasteiger partial charge in [-0.3, -0.25) is 4.79 Å². The van der Waals surface area contributed by atoms with E-state index in [1.54, 1.807) is 12.1 Å². The zero-order valence-corrected chi connectivity index (χ0v) is 17.6. The summed E-state index contributed by atoms with van der Waals surface area (Å²) in [7, 11) is 1.28. The second-order valence-corrected chi connectivity index (χ2v) is 8.38. The van der Waals surface area contributed by atoms with E-state index in [-0.39, 0.29) is 22.2 Å². The molecular weight excluding hydrogens is 416 g/mol. The fourth-order valence-corrected chi connectivity index (χ4v) is 4.20. The molecule has 1 amide bonds. The van der Waals surface area contributed by atoms with Gasteiger partial charge in [0.15, 0.2) is 4.34 Å². The normalized spacial score (nSPS) is 10.5. The molecule has 0 bridgehead atoms. The number of methoxy groups -OCH3 is 1. The Kier molecular flexibility index (Phi) is 6.72. The van der Waals surface area contributed by atoms with Crippen LogP contribution in [-0.4, -0.2) is 29.7 Å². The van der Waals surface area contributed by atoms with Crippen molar-refractivity contribution in [2.45, 2.75) is 11.3 Å². The van der Waals surface area contributed by atoms with Gasteiger partial charge < -0.3 is 10.1 Å². The Hall–Kier alpha value is -2.35. The van der Waals surface area contributed by atoms with Crippen LogP contribution < -0.4 is 5.32 Å². The molecule has 0 atom stereocenters. The Balaban J connectivity index is 1.59. The van der Waals surface area contributed by atoms with Gasteiger partial charge in [-0.05, 0) is 25.1 Å². The molecule has 0 saturated carbocycles. The summed E-state index contributed by atoms with van der Waals surface area (Å²) < 4.78 is 5.50. The Morgan fingerprint density at radius 3 is 2.68 bits per heavy atom.